The molecule has 0 unspecified atom stereocenters. The fraction of sp³-hybridized carbons (Fsp3) is 0.333. The normalized spacial score (nSPS) is 11.3. The van der Waals surface area contributed by atoms with Gasteiger partial charge in [-0.2, -0.15) is 0 Å². The van der Waals surface area contributed by atoms with E-state index in [4.69, 9.17) is 0 Å². The van der Waals surface area contributed by atoms with Crippen molar-refractivity contribution in [3.63, 3.8) is 0 Å². The smallest absolute Gasteiger partial charge is 0.110 e. The molecule has 0 saturated heterocycles. The van der Waals surface area contributed by atoms with Crippen LogP contribution in [0.1, 0.15) is 5.82 Å². The maximum Gasteiger partial charge on any atom is 0.110 e. The Bertz CT molecular complexity index is 738. The summed E-state index contributed by atoms with van der Waals surface area (Å²) in [6.07, 6.45) is 4.71. The van der Waals surface area contributed by atoms with Gasteiger partial charge >= 0.3 is 0 Å². The molecule has 2 heterocycles. The van der Waals surface area contributed by atoms with Gasteiger partial charge in [0.2, 0.25) is 0 Å². The van der Waals surface area contributed by atoms with Crippen LogP contribution in [0.5, 0.6) is 0 Å². The second-order valence-electron chi connectivity index (χ2n) is 5.03. The molecular weight excluding hydrogens is 250 g/mol. The molecule has 0 saturated carbocycles. The highest BCUT2D eigenvalue weighted by atomic mass is 15.1. The number of fused-ring (bicyclic) bond motifs is 1. The van der Waals surface area contributed by atoms with Crippen molar-refractivity contribution in [2.75, 3.05) is 13.6 Å². The van der Waals surface area contributed by atoms with Gasteiger partial charge in [0.25, 0.3) is 0 Å². The van der Waals surface area contributed by atoms with Crippen LogP contribution in [-0.2, 0) is 20.5 Å². The molecule has 5 nitrogen and oxygen atoms in total. The van der Waals surface area contributed by atoms with E-state index in [0.29, 0.717) is 0 Å². The second-order valence-corrected chi connectivity index (χ2v) is 5.03. The summed E-state index contributed by atoms with van der Waals surface area (Å²) < 4.78 is 4.18. The summed E-state index contributed by atoms with van der Waals surface area (Å²) in [5.74, 6) is 1.09. The lowest BCUT2D eigenvalue weighted by Crippen LogP contribution is -2.13. The number of likely N-dealkylation sites (N-methyl/N-ethyl adjacent to an activating group) is 1. The minimum Gasteiger partial charge on any atom is -0.334 e. The van der Waals surface area contributed by atoms with Crippen LogP contribution >= 0.6 is 0 Å². The molecule has 0 aliphatic carbocycles. The van der Waals surface area contributed by atoms with Crippen molar-refractivity contribution < 1.29 is 0 Å². The number of aryl methyl sites for hydroxylation is 1. The van der Waals surface area contributed by atoms with Crippen molar-refractivity contribution in [2.24, 2.45) is 14.1 Å². The van der Waals surface area contributed by atoms with Gasteiger partial charge in [0.15, 0.2) is 0 Å². The lowest BCUT2D eigenvalue weighted by molar-refractivity contribution is 0.720. The molecule has 0 atom stereocenters. The van der Waals surface area contributed by atoms with Gasteiger partial charge in [0.05, 0.1) is 29.3 Å². The Labute approximate surface area is 118 Å². The van der Waals surface area contributed by atoms with E-state index in [2.05, 4.69) is 45.1 Å². The van der Waals surface area contributed by atoms with Gasteiger partial charge < -0.3 is 14.5 Å². The number of nitrogens with zero attached hydrogens (tertiary/aromatic N) is 4. The summed E-state index contributed by atoms with van der Waals surface area (Å²) in [6.45, 7) is 0.934. The standard InChI is InChI=1S/C15H19N5/c1-16-7-6-15-17-9-14(20(15)3)11-4-5-13-12(8-11)18-10-19(13)2/h4-5,8-10,16H,6-7H2,1-3H3. The van der Waals surface area contributed by atoms with Crippen LogP contribution in [0.15, 0.2) is 30.7 Å². The quantitative estimate of drug-likeness (QED) is 0.785. The third kappa shape index (κ3) is 2.10. The first-order valence-electron chi connectivity index (χ1n) is 6.77. The lowest BCUT2D eigenvalue weighted by atomic mass is 10.1. The largest absolute Gasteiger partial charge is 0.334 e. The van der Waals surface area contributed by atoms with E-state index < -0.39 is 0 Å². The Morgan fingerprint density at radius 1 is 1.20 bits per heavy atom. The fourth-order valence-electron chi connectivity index (χ4n) is 2.48. The molecule has 3 rings (SSSR count). The summed E-state index contributed by atoms with van der Waals surface area (Å²) in [4.78, 5) is 8.93. The van der Waals surface area contributed by atoms with Gasteiger partial charge in [-0.25, -0.2) is 9.97 Å². The van der Waals surface area contributed by atoms with Gasteiger partial charge in [0.1, 0.15) is 5.82 Å². The highest BCUT2D eigenvalue weighted by molar-refractivity contribution is 5.81. The maximum atomic E-state index is 4.51. The predicted molar refractivity (Wildman–Crippen MR) is 80.5 cm³/mol. The molecule has 2 aromatic heterocycles. The van der Waals surface area contributed by atoms with Crippen molar-refractivity contribution in [3.8, 4) is 11.3 Å². The molecule has 0 bridgehead atoms. The van der Waals surface area contributed by atoms with Crippen LogP contribution in [0.25, 0.3) is 22.3 Å². The molecule has 0 aliphatic heterocycles. The number of benzene rings is 1. The fourth-order valence-corrected chi connectivity index (χ4v) is 2.48. The molecule has 0 radical (unpaired) electrons. The van der Waals surface area contributed by atoms with Gasteiger partial charge in [0, 0.05) is 32.6 Å². The van der Waals surface area contributed by atoms with E-state index in [1.165, 1.54) is 0 Å². The Hall–Kier alpha value is -2.14. The number of hydrogen-bond donors (Lipinski definition) is 1. The Morgan fingerprint density at radius 3 is 2.85 bits per heavy atom. The molecule has 1 N–H and O–H groups in total. The molecule has 1 aromatic carbocycles. The van der Waals surface area contributed by atoms with E-state index in [1.807, 2.05) is 31.2 Å². The average molecular weight is 269 g/mol. The van der Waals surface area contributed by atoms with Crippen molar-refractivity contribution in [3.05, 3.63) is 36.5 Å². The third-order valence-corrected chi connectivity index (χ3v) is 3.70. The minimum absolute atomic E-state index is 0.929. The molecular formula is C15H19N5. The van der Waals surface area contributed by atoms with Gasteiger partial charge in [-0.3, -0.25) is 0 Å². The first-order chi connectivity index (χ1) is 9.70. The van der Waals surface area contributed by atoms with Crippen LogP contribution in [-0.4, -0.2) is 32.7 Å². The van der Waals surface area contributed by atoms with Crippen LogP contribution in [0.2, 0.25) is 0 Å². The molecule has 0 spiro atoms. The van der Waals surface area contributed by atoms with Gasteiger partial charge in [-0.05, 0) is 19.2 Å². The lowest BCUT2D eigenvalue weighted by Gasteiger charge is -2.06. The summed E-state index contributed by atoms with van der Waals surface area (Å²) in [6, 6.07) is 6.36. The van der Waals surface area contributed by atoms with Crippen LogP contribution < -0.4 is 5.32 Å². The number of rotatable bonds is 4. The minimum atomic E-state index is 0.929. The molecule has 5 heteroatoms. The number of imidazole rings is 2. The van der Waals surface area contributed by atoms with E-state index in [-0.39, 0.29) is 0 Å². The summed E-state index contributed by atoms with van der Waals surface area (Å²) in [5.41, 5.74) is 4.44. The van der Waals surface area contributed by atoms with E-state index in [1.54, 1.807) is 0 Å². The monoisotopic (exact) mass is 269 g/mol. The van der Waals surface area contributed by atoms with Crippen molar-refractivity contribution in [1.82, 2.24) is 24.4 Å². The Balaban J connectivity index is 2.00. The zero-order chi connectivity index (χ0) is 14.1. The number of hydrogen-bond acceptors (Lipinski definition) is 3. The average Bonchev–Trinajstić information content (AvgIpc) is 3.00. The zero-order valence-electron chi connectivity index (χ0n) is 12.1. The first kappa shape index (κ1) is 12.9. The van der Waals surface area contributed by atoms with Gasteiger partial charge in [-0.1, -0.05) is 6.07 Å². The molecule has 104 valence electrons. The van der Waals surface area contributed by atoms with Gasteiger partial charge in [-0.15, -0.1) is 0 Å². The molecule has 20 heavy (non-hydrogen) atoms. The molecule has 0 fully saturated rings. The van der Waals surface area contributed by atoms with Crippen LogP contribution in [0, 0.1) is 0 Å². The van der Waals surface area contributed by atoms with Crippen molar-refractivity contribution in [2.45, 2.75) is 6.42 Å². The molecule has 3 aromatic rings. The Kier molecular flexibility index (Phi) is 3.28. The predicted octanol–water partition coefficient (Wildman–Crippen LogP) is 1.74. The SMILES string of the molecule is CNCCc1ncc(-c2ccc3c(c2)ncn3C)n1C. The third-order valence-electron chi connectivity index (χ3n) is 3.70. The summed E-state index contributed by atoms with van der Waals surface area (Å²) in [5, 5.41) is 3.15. The zero-order valence-corrected chi connectivity index (χ0v) is 12.1. The first-order valence-corrected chi connectivity index (χ1v) is 6.77. The number of nitrogens with one attached hydrogen (secondary N) is 1. The van der Waals surface area contributed by atoms with Crippen molar-refractivity contribution >= 4 is 11.0 Å². The van der Waals surface area contributed by atoms with Crippen molar-refractivity contribution in [1.29, 1.82) is 0 Å². The highest BCUT2D eigenvalue weighted by Gasteiger charge is 2.09. The van der Waals surface area contributed by atoms with Crippen LogP contribution in [0.4, 0.5) is 0 Å². The second kappa shape index (κ2) is 5.09. The maximum absolute atomic E-state index is 4.51. The highest BCUT2D eigenvalue weighted by Crippen LogP contribution is 2.24. The topological polar surface area (TPSA) is 47.7 Å². The number of aromatic nitrogens is 4. The Morgan fingerprint density at radius 2 is 2.05 bits per heavy atom. The van der Waals surface area contributed by atoms with E-state index in [0.717, 1.165) is 41.1 Å². The van der Waals surface area contributed by atoms with E-state index >= 15 is 0 Å². The summed E-state index contributed by atoms with van der Waals surface area (Å²) in [7, 11) is 6.03. The van der Waals surface area contributed by atoms with E-state index in [9.17, 15) is 0 Å². The van der Waals surface area contributed by atoms with Crippen LogP contribution in [0.3, 0.4) is 0 Å². The molecule has 0 amide bonds. The summed E-state index contributed by atoms with van der Waals surface area (Å²) >= 11 is 0. The molecule has 0 aliphatic rings.